The standard InChI is InChI=1S/C20H29F3N4O2/c1-3-29-19(28)27-11-8-17(9-12-27)26-18(24)25-10-7-14(2)15-5-4-6-16(13-15)20(21,22)23/h4-6,13-14,17H,3,7-12H2,1-2H3,(H3,24,25,26). The number of hydrogen-bond acceptors (Lipinski definition) is 3. The van der Waals surface area contributed by atoms with E-state index in [4.69, 9.17) is 10.5 Å². The van der Waals surface area contributed by atoms with Gasteiger partial charge in [0.2, 0.25) is 0 Å². The first kappa shape index (κ1) is 22.8. The average Bonchev–Trinajstić information content (AvgIpc) is 2.68. The van der Waals surface area contributed by atoms with Crippen LogP contribution in [0, 0.1) is 0 Å². The van der Waals surface area contributed by atoms with Crippen LogP contribution in [-0.4, -0.2) is 49.2 Å². The summed E-state index contributed by atoms with van der Waals surface area (Å²) in [5.74, 6) is 0.248. The molecule has 1 fully saturated rings. The molecule has 9 heteroatoms. The molecule has 0 aromatic heterocycles. The summed E-state index contributed by atoms with van der Waals surface area (Å²) in [6.45, 7) is 5.61. The minimum absolute atomic E-state index is 0.0679. The van der Waals surface area contributed by atoms with Crippen molar-refractivity contribution in [2.24, 2.45) is 10.7 Å². The highest BCUT2D eigenvalue weighted by Crippen LogP contribution is 2.31. The van der Waals surface area contributed by atoms with E-state index < -0.39 is 11.7 Å². The number of carbonyl (C=O) groups is 1. The Hall–Kier alpha value is -2.45. The molecule has 0 saturated carbocycles. The van der Waals surface area contributed by atoms with Gasteiger partial charge in [-0.2, -0.15) is 13.2 Å². The van der Waals surface area contributed by atoms with Crippen molar-refractivity contribution in [3.8, 4) is 0 Å². The second-order valence-corrected chi connectivity index (χ2v) is 7.18. The summed E-state index contributed by atoms with van der Waals surface area (Å²) < 4.78 is 43.5. The van der Waals surface area contributed by atoms with Crippen LogP contribution in [0.2, 0.25) is 0 Å². The van der Waals surface area contributed by atoms with Gasteiger partial charge in [0.25, 0.3) is 0 Å². The van der Waals surface area contributed by atoms with Crippen molar-refractivity contribution in [2.45, 2.75) is 51.2 Å². The van der Waals surface area contributed by atoms with E-state index in [2.05, 4.69) is 10.3 Å². The van der Waals surface area contributed by atoms with E-state index in [1.807, 2.05) is 6.92 Å². The lowest BCUT2D eigenvalue weighted by molar-refractivity contribution is -0.137. The Morgan fingerprint density at radius 3 is 2.69 bits per heavy atom. The van der Waals surface area contributed by atoms with Crippen molar-refractivity contribution < 1.29 is 22.7 Å². The van der Waals surface area contributed by atoms with E-state index in [1.165, 1.54) is 12.1 Å². The molecule has 162 valence electrons. The number of carbonyl (C=O) groups excluding carboxylic acids is 1. The van der Waals surface area contributed by atoms with Gasteiger partial charge in [0.15, 0.2) is 5.96 Å². The lowest BCUT2D eigenvalue weighted by Crippen LogP contribution is -2.48. The van der Waals surface area contributed by atoms with Gasteiger partial charge in [-0.15, -0.1) is 0 Å². The predicted octanol–water partition coefficient (Wildman–Crippen LogP) is 3.72. The highest BCUT2D eigenvalue weighted by molar-refractivity contribution is 5.78. The van der Waals surface area contributed by atoms with Crippen LogP contribution >= 0.6 is 0 Å². The van der Waals surface area contributed by atoms with Crippen molar-refractivity contribution in [1.82, 2.24) is 10.2 Å². The first-order valence-corrected chi connectivity index (χ1v) is 9.86. The number of likely N-dealkylation sites (tertiary alicyclic amines) is 1. The summed E-state index contributed by atoms with van der Waals surface area (Å²) in [6, 6.07) is 5.51. The van der Waals surface area contributed by atoms with Gasteiger partial charge in [-0.25, -0.2) is 4.79 Å². The van der Waals surface area contributed by atoms with Crippen molar-refractivity contribution in [2.75, 3.05) is 26.2 Å². The third kappa shape index (κ3) is 7.14. The normalized spacial score (nSPS) is 17.1. The second-order valence-electron chi connectivity index (χ2n) is 7.18. The fraction of sp³-hybridized carbons (Fsp3) is 0.600. The molecular formula is C20H29F3N4O2. The average molecular weight is 414 g/mol. The summed E-state index contributed by atoms with van der Waals surface area (Å²) in [6.07, 6.45) is -2.56. The van der Waals surface area contributed by atoms with Gasteiger partial charge in [0.05, 0.1) is 12.2 Å². The van der Waals surface area contributed by atoms with Gasteiger partial charge in [0, 0.05) is 25.7 Å². The highest BCUT2D eigenvalue weighted by atomic mass is 19.4. The summed E-state index contributed by atoms with van der Waals surface area (Å²) in [5, 5.41) is 3.15. The van der Waals surface area contributed by atoms with Crippen LogP contribution in [0.4, 0.5) is 18.0 Å². The van der Waals surface area contributed by atoms with Gasteiger partial charge in [-0.3, -0.25) is 4.99 Å². The second kappa shape index (κ2) is 10.4. The zero-order valence-electron chi connectivity index (χ0n) is 16.8. The first-order chi connectivity index (χ1) is 13.7. The molecule has 1 aromatic rings. The molecule has 1 amide bonds. The number of nitrogens with one attached hydrogen (secondary N) is 1. The Morgan fingerprint density at radius 2 is 2.07 bits per heavy atom. The lowest BCUT2D eigenvalue weighted by Gasteiger charge is -2.31. The molecule has 1 aliphatic heterocycles. The summed E-state index contributed by atoms with van der Waals surface area (Å²) in [7, 11) is 0. The molecule has 0 aliphatic carbocycles. The number of hydrogen-bond donors (Lipinski definition) is 2. The van der Waals surface area contributed by atoms with E-state index in [0.717, 1.165) is 18.9 Å². The van der Waals surface area contributed by atoms with Crippen LogP contribution < -0.4 is 11.1 Å². The first-order valence-electron chi connectivity index (χ1n) is 9.86. The number of ether oxygens (including phenoxy) is 1. The van der Waals surface area contributed by atoms with E-state index in [1.54, 1.807) is 17.9 Å². The Bertz CT molecular complexity index is 701. The number of amides is 1. The molecule has 29 heavy (non-hydrogen) atoms. The quantitative estimate of drug-likeness (QED) is 0.549. The van der Waals surface area contributed by atoms with Crippen molar-refractivity contribution in [3.63, 3.8) is 0 Å². The van der Waals surface area contributed by atoms with Gasteiger partial charge in [0.1, 0.15) is 0 Å². The molecule has 2 rings (SSSR count). The number of halogens is 3. The topological polar surface area (TPSA) is 80.0 Å². The molecule has 6 nitrogen and oxygen atoms in total. The zero-order chi connectivity index (χ0) is 21.4. The SMILES string of the molecule is CCOC(=O)N1CCC(NC(N)=NCCC(C)c2cccc(C(F)(F)F)c2)CC1. The number of guanidine groups is 1. The minimum Gasteiger partial charge on any atom is -0.450 e. The van der Waals surface area contributed by atoms with Crippen molar-refractivity contribution >= 4 is 12.1 Å². The number of aliphatic imine (C=N–C) groups is 1. The Labute approximate surface area is 169 Å². The maximum atomic E-state index is 12.8. The Kier molecular flexibility index (Phi) is 8.16. The van der Waals surface area contributed by atoms with E-state index >= 15 is 0 Å². The summed E-state index contributed by atoms with van der Waals surface area (Å²) in [5.41, 5.74) is 5.93. The third-order valence-electron chi connectivity index (χ3n) is 5.00. The number of nitrogens with zero attached hydrogens (tertiary/aromatic N) is 2. The smallest absolute Gasteiger partial charge is 0.416 e. The molecular weight excluding hydrogens is 385 g/mol. The van der Waals surface area contributed by atoms with Gasteiger partial charge < -0.3 is 20.7 Å². The third-order valence-corrected chi connectivity index (χ3v) is 5.00. The molecule has 1 atom stereocenters. The molecule has 0 bridgehead atoms. The fourth-order valence-electron chi connectivity index (χ4n) is 3.24. The number of rotatable bonds is 6. The maximum absolute atomic E-state index is 12.8. The fourth-order valence-corrected chi connectivity index (χ4v) is 3.24. The lowest BCUT2D eigenvalue weighted by atomic mass is 9.96. The number of nitrogens with two attached hydrogens (primary N) is 1. The van der Waals surface area contributed by atoms with Crippen LogP contribution in [0.15, 0.2) is 29.3 Å². The zero-order valence-corrected chi connectivity index (χ0v) is 16.8. The minimum atomic E-state index is -4.34. The highest BCUT2D eigenvalue weighted by Gasteiger charge is 2.30. The van der Waals surface area contributed by atoms with Crippen LogP contribution in [0.1, 0.15) is 50.2 Å². The molecule has 1 heterocycles. The van der Waals surface area contributed by atoms with E-state index in [9.17, 15) is 18.0 Å². The van der Waals surface area contributed by atoms with Crippen LogP contribution in [0.25, 0.3) is 0 Å². The van der Waals surface area contributed by atoms with Crippen molar-refractivity contribution in [1.29, 1.82) is 0 Å². The van der Waals surface area contributed by atoms with Gasteiger partial charge in [-0.05, 0) is 43.7 Å². The molecule has 1 saturated heterocycles. The van der Waals surface area contributed by atoms with Gasteiger partial charge in [-0.1, -0.05) is 25.1 Å². The molecule has 1 unspecified atom stereocenters. The van der Waals surface area contributed by atoms with Gasteiger partial charge >= 0.3 is 12.3 Å². The molecule has 3 N–H and O–H groups in total. The predicted molar refractivity (Wildman–Crippen MR) is 106 cm³/mol. The van der Waals surface area contributed by atoms with Crippen LogP contribution in [0.3, 0.4) is 0 Å². The number of benzene rings is 1. The largest absolute Gasteiger partial charge is 0.450 e. The van der Waals surface area contributed by atoms with E-state index in [-0.39, 0.29) is 18.1 Å². The Morgan fingerprint density at radius 1 is 1.38 bits per heavy atom. The maximum Gasteiger partial charge on any atom is 0.416 e. The molecule has 1 aromatic carbocycles. The van der Waals surface area contributed by atoms with Crippen LogP contribution in [-0.2, 0) is 10.9 Å². The molecule has 0 spiro atoms. The van der Waals surface area contributed by atoms with Crippen LogP contribution in [0.5, 0.6) is 0 Å². The number of piperidine rings is 1. The monoisotopic (exact) mass is 414 g/mol. The molecule has 0 radical (unpaired) electrons. The van der Waals surface area contributed by atoms with Crippen molar-refractivity contribution in [3.05, 3.63) is 35.4 Å². The summed E-state index contributed by atoms with van der Waals surface area (Å²) >= 11 is 0. The molecule has 1 aliphatic rings. The Balaban J connectivity index is 1.77. The number of alkyl halides is 3. The summed E-state index contributed by atoms with van der Waals surface area (Å²) in [4.78, 5) is 17.7. The van der Waals surface area contributed by atoms with E-state index in [0.29, 0.717) is 44.2 Å².